The highest BCUT2D eigenvalue weighted by molar-refractivity contribution is 6.23. The first-order valence-corrected chi connectivity index (χ1v) is 8.51. The minimum Gasteiger partial charge on any atom is -0.308 e. The summed E-state index contributed by atoms with van der Waals surface area (Å²) in [7, 11) is 1.49. The molecule has 0 spiro atoms. The lowest BCUT2D eigenvalue weighted by Crippen LogP contribution is -2.24. The summed E-state index contributed by atoms with van der Waals surface area (Å²) in [5.41, 5.74) is 3.75. The van der Waals surface area contributed by atoms with Gasteiger partial charge >= 0.3 is 0 Å². The summed E-state index contributed by atoms with van der Waals surface area (Å²) < 4.78 is 1.97. The molecular formula is C22H13N3O2. The van der Waals surface area contributed by atoms with Gasteiger partial charge in [0, 0.05) is 17.8 Å². The van der Waals surface area contributed by atoms with Gasteiger partial charge < -0.3 is 4.57 Å². The Bertz CT molecular complexity index is 1340. The van der Waals surface area contributed by atoms with Crippen LogP contribution >= 0.6 is 0 Å². The van der Waals surface area contributed by atoms with Crippen molar-refractivity contribution < 1.29 is 9.59 Å². The Hall–Kier alpha value is -3.91. The Morgan fingerprint density at radius 2 is 1.59 bits per heavy atom. The smallest absolute Gasteiger partial charge is 0.263 e. The highest BCUT2D eigenvalue weighted by Crippen LogP contribution is 2.37. The molecule has 5 nitrogen and oxygen atoms in total. The van der Waals surface area contributed by atoms with E-state index in [-0.39, 0.29) is 11.8 Å². The fourth-order valence-corrected chi connectivity index (χ4v) is 3.94. The fraction of sp³-hybridized carbons (Fsp3) is 0.0455. The molecule has 128 valence electrons. The summed E-state index contributed by atoms with van der Waals surface area (Å²) in [6.45, 7) is 0. The van der Waals surface area contributed by atoms with Gasteiger partial charge in [-0.05, 0) is 30.3 Å². The summed E-state index contributed by atoms with van der Waals surface area (Å²) in [6.07, 6.45) is 0. The van der Waals surface area contributed by atoms with E-state index < -0.39 is 0 Å². The summed E-state index contributed by atoms with van der Waals surface area (Å²) in [5.74, 6) is -0.608. The third kappa shape index (κ3) is 1.87. The quantitative estimate of drug-likeness (QED) is 0.489. The Balaban J connectivity index is 1.99. The normalized spacial score (nSPS) is 13.4. The first-order chi connectivity index (χ1) is 13.1. The van der Waals surface area contributed by atoms with Crippen molar-refractivity contribution in [1.82, 2.24) is 9.47 Å². The van der Waals surface area contributed by atoms with Crippen LogP contribution in [-0.4, -0.2) is 28.3 Å². The molecule has 4 aromatic rings. The number of imide groups is 1. The van der Waals surface area contributed by atoms with Gasteiger partial charge in [-0.2, -0.15) is 5.26 Å². The number of fused-ring (bicyclic) bond motifs is 4. The highest BCUT2D eigenvalue weighted by Gasteiger charge is 2.35. The molecule has 0 saturated heterocycles. The molecule has 27 heavy (non-hydrogen) atoms. The second-order valence-corrected chi connectivity index (χ2v) is 6.53. The van der Waals surface area contributed by atoms with Crippen molar-refractivity contribution in [3.05, 3.63) is 77.4 Å². The van der Waals surface area contributed by atoms with Crippen molar-refractivity contribution in [2.45, 2.75) is 0 Å². The molecular weight excluding hydrogens is 338 g/mol. The third-order valence-corrected chi connectivity index (χ3v) is 5.16. The van der Waals surface area contributed by atoms with Crippen molar-refractivity contribution in [2.24, 2.45) is 0 Å². The second kappa shape index (κ2) is 5.29. The Labute approximate surface area is 154 Å². The summed E-state index contributed by atoms with van der Waals surface area (Å²) in [5, 5.41) is 11.4. The van der Waals surface area contributed by atoms with E-state index in [9.17, 15) is 14.9 Å². The number of carbonyl (C=O) groups excluding carboxylic acids is 2. The third-order valence-electron chi connectivity index (χ3n) is 5.16. The number of nitriles is 1. The molecule has 5 rings (SSSR count). The standard InChI is InChI=1S/C22H13N3O2/c1-24-21(26)15-8-5-11-18(20(15)22(24)27)25-16-9-3-2-7-14(16)19-13(12-23)6-4-10-17(19)25/h2-11H,1H3. The maximum atomic E-state index is 12.8. The predicted octanol–water partition coefficient (Wildman–Crippen LogP) is 3.88. The lowest BCUT2D eigenvalue weighted by atomic mass is 10.1. The van der Waals surface area contributed by atoms with Crippen LogP contribution in [0.25, 0.3) is 27.5 Å². The SMILES string of the molecule is CN1C(=O)c2cccc(-n3c4ccccc4c4c(C#N)cccc43)c2C1=O. The fourth-order valence-electron chi connectivity index (χ4n) is 3.94. The van der Waals surface area contributed by atoms with Crippen molar-refractivity contribution in [3.63, 3.8) is 0 Å². The zero-order valence-corrected chi connectivity index (χ0v) is 14.4. The van der Waals surface area contributed by atoms with Crippen LogP contribution in [0, 0.1) is 11.3 Å². The highest BCUT2D eigenvalue weighted by atomic mass is 16.2. The number of aromatic nitrogens is 1. The van der Waals surface area contributed by atoms with Crippen molar-refractivity contribution >= 4 is 33.6 Å². The zero-order valence-electron chi connectivity index (χ0n) is 14.4. The first-order valence-electron chi connectivity index (χ1n) is 8.51. The average molecular weight is 351 g/mol. The number of hydrogen-bond acceptors (Lipinski definition) is 3. The van der Waals surface area contributed by atoms with E-state index in [0.717, 1.165) is 26.7 Å². The molecule has 0 atom stereocenters. The number of carbonyl (C=O) groups is 2. The van der Waals surface area contributed by atoms with E-state index in [1.807, 2.05) is 47.0 Å². The number of nitrogens with zero attached hydrogens (tertiary/aromatic N) is 3. The van der Waals surface area contributed by atoms with E-state index in [0.29, 0.717) is 22.4 Å². The van der Waals surface area contributed by atoms with Gasteiger partial charge in [0.25, 0.3) is 11.8 Å². The van der Waals surface area contributed by atoms with Crippen LogP contribution in [0.15, 0.2) is 60.7 Å². The van der Waals surface area contributed by atoms with Gasteiger partial charge in [-0.1, -0.05) is 30.3 Å². The number of hydrogen-bond donors (Lipinski definition) is 0. The van der Waals surface area contributed by atoms with Gasteiger partial charge in [0.15, 0.2) is 0 Å². The van der Waals surface area contributed by atoms with Crippen molar-refractivity contribution in [3.8, 4) is 11.8 Å². The van der Waals surface area contributed by atoms with Crippen LogP contribution in [0.4, 0.5) is 0 Å². The van der Waals surface area contributed by atoms with Gasteiger partial charge in [0.2, 0.25) is 0 Å². The molecule has 2 amide bonds. The molecule has 0 fully saturated rings. The van der Waals surface area contributed by atoms with E-state index in [2.05, 4.69) is 6.07 Å². The number of rotatable bonds is 1. The van der Waals surface area contributed by atoms with Gasteiger partial charge in [0.1, 0.15) is 0 Å². The Morgan fingerprint density at radius 3 is 2.41 bits per heavy atom. The number of para-hydroxylation sites is 1. The van der Waals surface area contributed by atoms with Crippen molar-refractivity contribution in [2.75, 3.05) is 7.05 Å². The molecule has 0 N–H and O–H groups in total. The largest absolute Gasteiger partial charge is 0.308 e. The predicted molar refractivity (Wildman–Crippen MR) is 102 cm³/mol. The minimum absolute atomic E-state index is 0.296. The van der Waals surface area contributed by atoms with Crippen LogP contribution in [0.5, 0.6) is 0 Å². The lowest BCUT2D eigenvalue weighted by Gasteiger charge is -2.11. The monoisotopic (exact) mass is 351 g/mol. The van der Waals surface area contributed by atoms with E-state index in [4.69, 9.17) is 0 Å². The maximum absolute atomic E-state index is 12.8. The maximum Gasteiger partial charge on any atom is 0.263 e. The summed E-state index contributed by atoms with van der Waals surface area (Å²) >= 11 is 0. The van der Waals surface area contributed by atoms with Gasteiger partial charge in [-0.15, -0.1) is 0 Å². The Morgan fingerprint density at radius 1 is 0.852 bits per heavy atom. The van der Waals surface area contributed by atoms with Crippen LogP contribution in [-0.2, 0) is 0 Å². The van der Waals surface area contributed by atoms with Crippen LogP contribution in [0.1, 0.15) is 26.3 Å². The van der Waals surface area contributed by atoms with Gasteiger partial charge in [0.05, 0.1) is 39.5 Å². The minimum atomic E-state index is -0.312. The molecule has 0 bridgehead atoms. The molecule has 0 aliphatic carbocycles. The molecule has 1 aliphatic heterocycles. The summed E-state index contributed by atoms with van der Waals surface area (Å²) in [4.78, 5) is 26.3. The van der Waals surface area contributed by atoms with E-state index in [1.54, 1.807) is 18.2 Å². The molecule has 2 heterocycles. The molecule has 1 aliphatic rings. The molecule has 0 unspecified atom stereocenters. The van der Waals surface area contributed by atoms with Crippen LogP contribution in [0.2, 0.25) is 0 Å². The van der Waals surface area contributed by atoms with Gasteiger partial charge in [-0.25, -0.2) is 0 Å². The Kier molecular flexibility index (Phi) is 3.01. The average Bonchev–Trinajstić information content (AvgIpc) is 3.16. The van der Waals surface area contributed by atoms with Crippen molar-refractivity contribution in [1.29, 1.82) is 5.26 Å². The lowest BCUT2D eigenvalue weighted by molar-refractivity contribution is 0.0693. The van der Waals surface area contributed by atoms with Gasteiger partial charge in [-0.3, -0.25) is 14.5 Å². The first kappa shape index (κ1) is 15.4. The zero-order chi connectivity index (χ0) is 18.7. The molecule has 1 aromatic heterocycles. The van der Waals surface area contributed by atoms with E-state index >= 15 is 0 Å². The topological polar surface area (TPSA) is 66.1 Å². The van der Waals surface area contributed by atoms with Crippen LogP contribution in [0.3, 0.4) is 0 Å². The molecule has 3 aromatic carbocycles. The van der Waals surface area contributed by atoms with E-state index in [1.165, 1.54) is 7.05 Å². The number of benzene rings is 3. The summed E-state index contributed by atoms with van der Waals surface area (Å²) in [6, 6.07) is 20.9. The molecule has 0 saturated carbocycles. The molecule has 5 heteroatoms. The second-order valence-electron chi connectivity index (χ2n) is 6.53. The van der Waals surface area contributed by atoms with Crippen LogP contribution < -0.4 is 0 Å². The number of amides is 2. The molecule has 0 radical (unpaired) electrons.